The van der Waals surface area contributed by atoms with Gasteiger partial charge in [0, 0.05) is 38.2 Å². The highest BCUT2D eigenvalue weighted by molar-refractivity contribution is 6.02. The van der Waals surface area contributed by atoms with Crippen molar-refractivity contribution < 1.29 is 14.3 Å². The van der Waals surface area contributed by atoms with E-state index in [4.69, 9.17) is 4.74 Å². The fraction of sp³-hybridized carbons (Fsp3) is 0.435. The van der Waals surface area contributed by atoms with E-state index in [-0.39, 0.29) is 17.7 Å². The van der Waals surface area contributed by atoms with Crippen molar-refractivity contribution in [2.45, 2.75) is 43.7 Å². The Morgan fingerprint density at radius 1 is 1.24 bits per heavy atom. The van der Waals surface area contributed by atoms with Crippen LogP contribution in [0.1, 0.15) is 53.1 Å². The van der Waals surface area contributed by atoms with Crippen LogP contribution in [0.5, 0.6) is 0 Å². The van der Waals surface area contributed by atoms with Crippen LogP contribution in [0.2, 0.25) is 0 Å². The molecule has 152 valence electrons. The van der Waals surface area contributed by atoms with Gasteiger partial charge in [0.15, 0.2) is 0 Å². The van der Waals surface area contributed by atoms with Crippen LogP contribution in [0.15, 0.2) is 48.8 Å². The Labute approximate surface area is 171 Å². The molecule has 1 aromatic carbocycles. The molecule has 2 heterocycles. The van der Waals surface area contributed by atoms with Gasteiger partial charge in [0.05, 0.1) is 18.1 Å². The fourth-order valence-corrected chi connectivity index (χ4v) is 4.97. The fourth-order valence-electron chi connectivity index (χ4n) is 4.97. The second-order valence-electron chi connectivity index (χ2n) is 7.86. The molecule has 1 N–H and O–H groups in total. The summed E-state index contributed by atoms with van der Waals surface area (Å²) in [4.78, 5) is 32.9. The van der Waals surface area contributed by atoms with Gasteiger partial charge in [-0.15, -0.1) is 0 Å². The highest BCUT2D eigenvalue weighted by Crippen LogP contribution is 2.50. The van der Waals surface area contributed by atoms with Gasteiger partial charge in [0.25, 0.3) is 5.91 Å². The molecule has 2 aromatic rings. The van der Waals surface area contributed by atoms with E-state index in [1.165, 1.54) is 0 Å². The number of nitrogens with one attached hydrogen (secondary N) is 1. The van der Waals surface area contributed by atoms with Crippen LogP contribution < -0.4 is 5.32 Å². The van der Waals surface area contributed by atoms with Crippen molar-refractivity contribution in [2.24, 2.45) is 0 Å². The monoisotopic (exact) mass is 393 g/mol. The molecule has 0 radical (unpaired) electrons. The van der Waals surface area contributed by atoms with Crippen LogP contribution >= 0.6 is 0 Å². The Morgan fingerprint density at radius 2 is 2.03 bits per heavy atom. The van der Waals surface area contributed by atoms with E-state index >= 15 is 0 Å². The third kappa shape index (κ3) is 3.53. The molecule has 1 aliphatic carbocycles. The number of pyridine rings is 1. The molecule has 0 saturated heterocycles. The molecule has 6 heteroatoms. The lowest BCUT2D eigenvalue weighted by atomic mass is 9.71. The van der Waals surface area contributed by atoms with Gasteiger partial charge in [-0.3, -0.25) is 14.6 Å². The molecule has 1 spiro atoms. The van der Waals surface area contributed by atoms with Crippen molar-refractivity contribution >= 4 is 11.8 Å². The number of nitrogens with zero attached hydrogens (tertiary/aromatic N) is 2. The van der Waals surface area contributed by atoms with Crippen molar-refractivity contribution in [3.63, 3.8) is 0 Å². The van der Waals surface area contributed by atoms with Crippen LogP contribution in [0, 0.1) is 0 Å². The summed E-state index contributed by atoms with van der Waals surface area (Å²) >= 11 is 0. The van der Waals surface area contributed by atoms with Crippen LogP contribution in [-0.4, -0.2) is 47.5 Å². The van der Waals surface area contributed by atoms with Crippen LogP contribution in [-0.2, 0) is 16.1 Å². The number of rotatable bonds is 6. The second-order valence-corrected chi connectivity index (χ2v) is 7.86. The maximum Gasteiger partial charge on any atom is 0.254 e. The van der Waals surface area contributed by atoms with E-state index in [0.717, 1.165) is 36.8 Å². The number of fused-ring (bicyclic) bond motifs is 1. The SMILES string of the molecule is COCCN1C(=O)c2ccccc2[C@@H](C(=O)NCc2cccnc2)C12CCCC2. The van der Waals surface area contributed by atoms with Gasteiger partial charge < -0.3 is 15.0 Å². The summed E-state index contributed by atoms with van der Waals surface area (Å²) < 4.78 is 5.28. The highest BCUT2D eigenvalue weighted by Gasteiger charge is 2.55. The van der Waals surface area contributed by atoms with Crippen molar-refractivity contribution in [1.82, 2.24) is 15.2 Å². The summed E-state index contributed by atoms with van der Waals surface area (Å²) in [5.74, 6) is -0.401. The zero-order chi connectivity index (χ0) is 20.3. The van der Waals surface area contributed by atoms with Gasteiger partial charge in [-0.2, -0.15) is 0 Å². The number of hydrogen-bond donors (Lipinski definition) is 1. The normalized spacial score (nSPS) is 20.0. The lowest BCUT2D eigenvalue weighted by Gasteiger charge is -2.50. The van der Waals surface area contributed by atoms with E-state index in [2.05, 4.69) is 10.3 Å². The highest BCUT2D eigenvalue weighted by atomic mass is 16.5. The summed E-state index contributed by atoms with van der Waals surface area (Å²) in [6.07, 6.45) is 7.19. The summed E-state index contributed by atoms with van der Waals surface area (Å²) in [7, 11) is 1.64. The lowest BCUT2D eigenvalue weighted by Crippen LogP contribution is -2.61. The number of carbonyl (C=O) groups excluding carboxylic acids is 2. The first-order chi connectivity index (χ1) is 14.2. The van der Waals surface area contributed by atoms with Gasteiger partial charge in [0.1, 0.15) is 0 Å². The Balaban J connectivity index is 1.71. The molecule has 2 amide bonds. The second kappa shape index (κ2) is 8.33. The van der Waals surface area contributed by atoms with Gasteiger partial charge in [-0.05, 0) is 36.1 Å². The quantitative estimate of drug-likeness (QED) is 0.819. The molecule has 2 aliphatic rings. The number of methoxy groups -OCH3 is 1. The molecule has 1 fully saturated rings. The van der Waals surface area contributed by atoms with Crippen LogP contribution in [0.4, 0.5) is 0 Å². The molecule has 6 nitrogen and oxygen atoms in total. The summed E-state index contributed by atoms with van der Waals surface area (Å²) in [6, 6.07) is 11.4. The Kier molecular flexibility index (Phi) is 5.62. The Hall–Kier alpha value is -2.73. The predicted molar refractivity (Wildman–Crippen MR) is 109 cm³/mol. The average Bonchev–Trinajstić information content (AvgIpc) is 3.23. The first-order valence-electron chi connectivity index (χ1n) is 10.2. The molecule has 1 aliphatic heterocycles. The summed E-state index contributed by atoms with van der Waals surface area (Å²) in [5, 5.41) is 3.10. The standard InChI is InChI=1S/C23H27N3O3/c1-29-14-13-26-22(28)19-9-3-2-8-18(19)20(23(26)10-4-5-11-23)21(27)25-16-17-7-6-12-24-15-17/h2-3,6-9,12,15,20H,4-5,10-11,13-14,16H2,1H3,(H,25,27)/t20-/m0/s1. The van der Waals surface area contributed by atoms with E-state index in [9.17, 15) is 9.59 Å². The molecule has 0 bridgehead atoms. The summed E-state index contributed by atoms with van der Waals surface area (Å²) in [6.45, 7) is 1.38. The zero-order valence-corrected chi connectivity index (χ0v) is 16.8. The third-order valence-corrected chi connectivity index (χ3v) is 6.26. The van der Waals surface area contributed by atoms with E-state index < -0.39 is 5.54 Å². The number of aromatic nitrogens is 1. The Bertz CT molecular complexity index is 878. The maximum atomic E-state index is 13.5. The largest absolute Gasteiger partial charge is 0.383 e. The minimum atomic E-state index is -0.483. The van der Waals surface area contributed by atoms with Crippen LogP contribution in [0.3, 0.4) is 0 Å². The van der Waals surface area contributed by atoms with Crippen molar-refractivity contribution in [1.29, 1.82) is 0 Å². The molecule has 1 aromatic heterocycles. The van der Waals surface area contributed by atoms with Gasteiger partial charge in [0.2, 0.25) is 5.91 Å². The molecule has 1 atom stereocenters. The van der Waals surface area contributed by atoms with Crippen LogP contribution in [0.25, 0.3) is 0 Å². The number of carbonyl (C=O) groups is 2. The first kappa shape index (κ1) is 19.6. The van der Waals surface area contributed by atoms with E-state index in [0.29, 0.717) is 25.3 Å². The molecule has 1 saturated carbocycles. The summed E-state index contributed by atoms with van der Waals surface area (Å²) in [5.41, 5.74) is 1.94. The van der Waals surface area contributed by atoms with E-state index in [1.54, 1.807) is 19.5 Å². The first-order valence-corrected chi connectivity index (χ1v) is 10.2. The minimum absolute atomic E-state index is 0.0101. The predicted octanol–water partition coefficient (Wildman–Crippen LogP) is 2.90. The Morgan fingerprint density at radius 3 is 2.76 bits per heavy atom. The lowest BCUT2D eigenvalue weighted by molar-refractivity contribution is -0.126. The van der Waals surface area contributed by atoms with Gasteiger partial charge >= 0.3 is 0 Å². The molecular weight excluding hydrogens is 366 g/mol. The smallest absolute Gasteiger partial charge is 0.254 e. The van der Waals surface area contributed by atoms with E-state index in [1.807, 2.05) is 41.3 Å². The maximum absolute atomic E-state index is 13.5. The third-order valence-electron chi connectivity index (χ3n) is 6.26. The number of ether oxygens (including phenoxy) is 1. The topological polar surface area (TPSA) is 71.5 Å². The molecule has 0 unspecified atom stereocenters. The van der Waals surface area contributed by atoms with Crippen molar-refractivity contribution in [3.8, 4) is 0 Å². The van der Waals surface area contributed by atoms with Crippen molar-refractivity contribution in [2.75, 3.05) is 20.3 Å². The number of benzene rings is 1. The minimum Gasteiger partial charge on any atom is -0.383 e. The number of hydrogen-bond acceptors (Lipinski definition) is 4. The van der Waals surface area contributed by atoms with Gasteiger partial charge in [-0.1, -0.05) is 37.1 Å². The zero-order valence-electron chi connectivity index (χ0n) is 16.8. The molecule has 4 rings (SSSR count). The molecular formula is C23H27N3O3. The average molecular weight is 393 g/mol. The van der Waals surface area contributed by atoms with Crippen molar-refractivity contribution in [3.05, 3.63) is 65.5 Å². The number of amides is 2. The van der Waals surface area contributed by atoms with Gasteiger partial charge in [-0.25, -0.2) is 0 Å². The molecule has 29 heavy (non-hydrogen) atoms.